The molecule has 112 valence electrons. The summed E-state index contributed by atoms with van der Waals surface area (Å²) in [4.78, 5) is 1.01. The van der Waals surface area contributed by atoms with Gasteiger partial charge in [0.05, 0.1) is 15.5 Å². The van der Waals surface area contributed by atoms with Crippen LogP contribution in [0.15, 0.2) is 29.2 Å². The second-order valence-electron chi connectivity index (χ2n) is 8.15. The van der Waals surface area contributed by atoms with Crippen molar-refractivity contribution in [3.8, 4) is 0 Å². The Kier molecular flexibility index (Phi) is 3.30. The smallest absolute Gasteiger partial charge is 0.0595 e. The number of hydrogen-bond donors (Lipinski definition) is 0. The maximum absolute atomic E-state index is 13.3. The highest BCUT2D eigenvalue weighted by Crippen LogP contribution is 2.61. The van der Waals surface area contributed by atoms with Gasteiger partial charge in [0.1, 0.15) is 0 Å². The number of fused-ring (bicyclic) bond motifs is 1. The Bertz CT molecular complexity index is 565. The van der Waals surface area contributed by atoms with Gasteiger partial charge in [0.25, 0.3) is 0 Å². The van der Waals surface area contributed by atoms with Gasteiger partial charge in [-0.2, -0.15) is 0 Å². The molecule has 2 heteroatoms. The molecule has 1 aromatic carbocycles. The summed E-state index contributed by atoms with van der Waals surface area (Å²) in [5.74, 6) is 0. The monoisotopic (exact) mass is 292 g/mol. The molecule has 0 amide bonds. The molecule has 1 atom stereocenters. The van der Waals surface area contributed by atoms with Crippen LogP contribution in [0.3, 0.4) is 0 Å². The lowest BCUT2D eigenvalue weighted by Gasteiger charge is -2.56. The standard InChI is InChI=1S/C18H28OS/c1-15(2)13-11-9-10-12-14(13)20(19)18(7,8)17(5,6)16(15,3)4/h9-12H,1-8H3. The summed E-state index contributed by atoms with van der Waals surface area (Å²) in [6, 6.07) is 8.28. The van der Waals surface area contributed by atoms with Crippen LogP contribution < -0.4 is 0 Å². The van der Waals surface area contributed by atoms with Gasteiger partial charge in [-0.25, -0.2) is 0 Å². The van der Waals surface area contributed by atoms with Gasteiger partial charge < -0.3 is 0 Å². The number of hydrogen-bond acceptors (Lipinski definition) is 1. The van der Waals surface area contributed by atoms with Crippen LogP contribution in [0.1, 0.15) is 61.0 Å². The average Bonchev–Trinajstić information content (AvgIpc) is 2.37. The van der Waals surface area contributed by atoms with Gasteiger partial charge in [0.2, 0.25) is 0 Å². The fourth-order valence-corrected chi connectivity index (χ4v) is 5.52. The zero-order chi connectivity index (χ0) is 15.6. The quantitative estimate of drug-likeness (QED) is 0.663. The fourth-order valence-electron chi connectivity index (χ4n) is 3.52. The summed E-state index contributed by atoms with van der Waals surface area (Å²) >= 11 is 0. The molecule has 0 saturated carbocycles. The lowest BCUT2D eigenvalue weighted by atomic mass is 9.50. The minimum absolute atomic E-state index is 0.0196. The molecule has 0 radical (unpaired) electrons. The molecule has 0 N–H and O–H groups in total. The van der Waals surface area contributed by atoms with Crippen molar-refractivity contribution in [1.82, 2.24) is 0 Å². The summed E-state index contributed by atoms with van der Waals surface area (Å²) in [7, 11) is -1.01. The topological polar surface area (TPSA) is 17.1 Å². The van der Waals surface area contributed by atoms with Gasteiger partial charge in [0.15, 0.2) is 0 Å². The van der Waals surface area contributed by atoms with Gasteiger partial charge in [-0.1, -0.05) is 59.7 Å². The first-order valence-electron chi connectivity index (χ1n) is 7.40. The maximum Gasteiger partial charge on any atom is 0.0595 e. The summed E-state index contributed by atoms with van der Waals surface area (Å²) < 4.78 is 13.0. The predicted octanol–water partition coefficient (Wildman–Crippen LogP) is 4.92. The number of rotatable bonds is 0. The molecule has 0 saturated heterocycles. The van der Waals surface area contributed by atoms with E-state index in [9.17, 15) is 4.21 Å². The van der Waals surface area contributed by atoms with Crippen molar-refractivity contribution in [3.05, 3.63) is 29.8 Å². The van der Waals surface area contributed by atoms with Crippen molar-refractivity contribution in [3.63, 3.8) is 0 Å². The van der Waals surface area contributed by atoms with Gasteiger partial charge in [-0.05, 0) is 41.7 Å². The van der Waals surface area contributed by atoms with Crippen molar-refractivity contribution < 1.29 is 4.21 Å². The minimum atomic E-state index is -1.01. The molecule has 0 aliphatic carbocycles. The Balaban J connectivity index is 2.91. The molecule has 0 bridgehead atoms. The normalized spacial score (nSPS) is 29.3. The van der Waals surface area contributed by atoms with E-state index in [0.717, 1.165) is 4.90 Å². The molecular formula is C18H28OS. The van der Waals surface area contributed by atoms with Crippen LogP contribution in [0, 0.1) is 10.8 Å². The summed E-state index contributed by atoms with van der Waals surface area (Å²) in [6.45, 7) is 18.1. The number of benzene rings is 1. The Morgan fingerprint density at radius 3 is 1.85 bits per heavy atom. The Morgan fingerprint density at radius 2 is 1.30 bits per heavy atom. The van der Waals surface area contributed by atoms with Gasteiger partial charge in [-0.15, -0.1) is 0 Å². The van der Waals surface area contributed by atoms with E-state index in [4.69, 9.17) is 0 Å². The highest BCUT2D eigenvalue weighted by Gasteiger charge is 2.60. The van der Waals surface area contributed by atoms with Crippen LogP contribution >= 0.6 is 0 Å². The zero-order valence-corrected chi connectivity index (χ0v) is 14.9. The van der Waals surface area contributed by atoms with E-state index < -0.39 is 10.8 Å². The first kappa shape index (κ1) is 15.8. The molecule has 0 fully saturated rings. The second-order valence-corrected chi connectivity index (χ2v) is 10.1. The van der Waals surface area contributed by atoms with Crippen molar-refractivity contribution in [2.45, 2.75) is 70.4 Å². The van der Waals surface area contributed by atoms with E-state index in [2.05, 4.69) is 67.5 Å². The molecule has 1 aromatic rings. The highest BCUT2D eigenvalue weighted by molar-refractivity contribution is 7.86. The lowest BCUT2D eigenvalue weighted by molar-refractivity contribution is 0.00706. The van der Waals surface area contributed by atoms with E-state index in [0.29, 0.717) is 0 Å². The van der Waals surface area contributed by atoms with Crippen LogP contribution in [0.25, 0.3) is 0 Å². The molecule has 1 nitrogen and oxygen atoms in total. The van der Waals surface area contributed by atoms with Crippen molar-refractivity contribution in [2.24, 2.45) is 10.8 Å². The molecule has 1 unspecified atom stereocenters. The third kappa shape index (κ3) is 1.63. The third-order valence-electron chi connectivity index (χ3n) is 6.85. The molecule has 0 spiro atoms. The Labute approximate surface area is 126 Å². The molecule has 1 heterocycles. The van der Waals surface area contributed by atoms with Gasteiger partial charge >= 0.3 is 0 Å². The van der Waals surface area contributed by atoms with E-state index >= 15 is 0 Å². The minimum Gasteiger partial charge on any atom is -0.254 e. The first-order valence-corrected chi connectivity index (χ1v) is 8.55. The van der Waals surface area contributed by atoms with Crippen molar-refractivity contribution in [1.29, 1.82) is 0 Å². The SMILES string of the molecule is CC1(C)c2ccccc2S(=O)C(C)(C)C(C)(C)C1(C)C. The summed E-state index contributed by atoms with van der Waals surface area (Å²) in [5.41, 5.74) is 1.16. The molecule has 2 rings (SSSR count). The zero-order valence-electron chi connectivity index (χ0n) is 14.1. The molecule has 20 heavy (non-hydrogen) atoms. The third-order valence-corrected chi connectivity index (χ3v) is 9.05. The van der Waals surface area contributed by atoms with Crippen molar-refractivity contribution in [2.75, 3.05) is 0 Å². The Morgan fingerprint density at radius 1 is 0.800 bits per heavy atom. The molecular weight excluding hydrogens is 264 g/mol. The van der Waals surface area contributed by atoms with E-state index in [1.807, 2.05) is 12.1 Å². The molecule has 1 aliphatic rings. The predicted molar refractivity (Wildman–Crippen MR) is 87.5 cm³/mol. The van der Waals surface area contributed by atoms with Crippen LogP contribution in [0.5, 0.6) is 0 Å². The highest BCUT2D eigenvalue weighted by atomic mass is 32.2. The largest absolute Gasteiger partial charge is 0.254 e. The molecule has 1 aliphatic heterocycles. The average molecular weight is 292 g/mol. The summed E-state index contributed by atoms with van der Waals surface area (Å²) in [5, 5.41) is 0. The van der Waals surface area contributed by atoms with Gasteiger partial charge in [0, 0.05) is 4.90 Å². The van der Waals surface area contributed by atoms with Crippen molar-refractivity contribution >= 4 is 10.8 Å². The molecule has 0 aromatic heterocycles. The second kappa shape index (κ2) is 4.19. The summed E-state index contributed by atoms with van der Waals surface area (Å²) in [6.07, 6.45) is 0. The maximum atomic E-state index is 13.3. The van der Waals surface area contributed by atoms with E-state index in [-0.39, 0.29) is 21.0 Å². The van der Waals surface area contributed by atoms with Crippen LogP contribution in [0.4, 0.5) is 0 Å². The fraction of sp³-hybridized carbons (Fsp3) is 0.667. The lowest BCUT2D eigenvalue weighted by Crippen LogP contribution is -2.55. The van der Waals surface area contributed by atoms with Crippen LogP contribution in [-0.2, 0) is 16.2 Å². The van der Waals surface area contributed by atoms with Crippen LogP contribution in [0.2, 0.25) is 0 Å². The van der Waals surface area contributed by atoms with Gasteiger partial charge in [-0.3, -0.25) is 4.21 Å². The van der Waals surface area contributed by atoms with E-state index in [1.54, 1.807) is 0 Å². The van der Waals surface area contributed by atoms with Crippen LogP contribution in [-0.4, -0.2) is 8.96 Å². The Hall–Kier alpha value is -0.630. The van der Waals surface area contributed by atoms with E-state index in [1.165, 1.54) is 5.56 Å². The first-order chi connectivity index (χ1) is 8.89.